The Morgan fingerprint density at radius 2 is 2.05 bits per heavy atom. The number of fused-ring (bicyclic) bond motifs is 1. The molecule has 0 spiro atoms. The summed E-state index contributed by atoms with van der Waals surface area (Å²) in [6, 6.07) is 14.1. The van der Waals surface area contributed by atoms with Crippen molar-refractivity contribution in [1.82, 2.24) is 0 Å². The van der Waals surface area contributed by atoms with Crippen molar-refractivity contribution in [1.29, 1.82) is 0 Å². The van der Waals surface area contributed by atoms with Crippen molar-refractivity contribution in [2.45, 2.75) is 19.9 Å². The predicted octanol–water partition coefficient (Wildman–Crippen LogP) is 3.46. The molecule has 1 heterocycles. The fourth-order valence-electron chi connectivity index (χ4n) is 2.90. The molecule has 1 aliphatic rings. The highest BCUT2D eigenvalue weighted by molar-refractivity contribution is 5.94. The Kier molecular flexibility index (Phi) is 3.65. The number of Topliss-reactive ketones (excluding diaryl/α,β-unsaturated/α-hetero) is 1. The molecule has 3 heteroatoms. The van der Waals surface area contributed by atoms with Crippen LogP contribution >= 0.6 is 0 Å². The second kappa shape index (κ2) is 5.60. The van der Waals surface area contributed by atoms with Crippen LogP contribution in [-0.4, -0.2) is 19.4 Å². The Labute approximate surface area is 125 Å². The first-order valence-corrected chi connectivity index (χ1v) is 7.20. The van der Waals surface area contributed by atoms with Gasteiger partial charge >= 0.3 is 0 Å². The van der Waals surface area contributed by atoms with E-state index in [4.69, 9.17) is 4.74 Å². The third kappa shape index (κ3) is 2.64. The maximum Gasteiger partial charge on any atom is 0.159 e. The Morgan fingerprint density at radius 3 is 2.81 bits per heavy atom. The van der Waals surface area contributed by atoms with Crippen LogP contribution in [-0.2, 0) is 13.0 Å². The van der Waals surface area contributed by atoms with E-state index in [2.05, 4.69) is 29.2 Å². The number of anilines is 1. The van der Waals surface area contributed by atoms with E-state index in [9.17, 15) is 4.79 Å². The van der Waals surface area contributed by atoms with E-state index >= 15 is 0 Å². The standard InChI is InChI=1S/C18H19NO2/c1-13(20)15-7-8-18(21-2)16(11-15)12-19-10-9-14-5-3-4-6-17(14)19/h3-8,11H,9-10,12H2,1-2H3. The normalized spacial score (nSPS) is 13.1. The lowest BCUT2D eigenvalue weighted by Crippen LogP contribution is -2.20. The molecule has 0 unspecified atom stereocenters. The number of ketones is 1. The fraction of sp³-hybridized carbons (Fsp3) is 0.278. The molecule has 0 radical (unpaired) electrons. The van der Waals surface area contributed by atoms with Gasteiger partial charge in [0, 0.05) is 29.9 Å². The van der Waals surface area contributed by atoms with Crippen LogP contribution in [0.5, 0.6) is 5.75 Å². The molecule has 0 bridgehead atoms. The van der Waals surface area contributed by atoms with Crippen molar-refractivity contribution in [2.24, 2.45) is 0 Å². The summed E-state index contributed by atoms with van der Waals surface area (Å²) < 4.78 is 5.44. The molecule has 21 heavy (non-hydrogen) atoms. The van der Waals surface area contributed by atoms with E-state index in [1.165, 1.54) is 11.3 Å². The third-order valence-electron chi connectivity index (χ3n) is 4.03. The Balaban J connectivity index is 1.91. The molecule has 0 amide bonds. The quantitative estimate of drug-likeness (QED) is 0.804. The summed E-state index contributed by atoms with van der Waals surface area (Å²) in [5.41, 5.74) is 4.46. The van der Waals surface area contributed by atoms with Gasteiger partial charge in [-0.25, -0.2) is 0 Å². The van der Waals surface area contributed by atoms with Crippen LogP contribution in [0.1, 0.15) is 28.4 Å². The maximum absolute atomic E-state index is 11.6. The number of carbonyl (C=O) groups excluding carboxylic acids is 1. The predicted molar refractivity (Wildman–Crippen MR) is 84.2 cm³/mol. The van der Waals surface area contributed by atoms with Crippen molar-refractivity contribution >= 4 is 11.5 Å². The molecule has 2 aromatic carbocycles. The van der Waals surface area contributed by atoms with Crippen LogP contribution in [0, 0.1) is 0 Å². The van der Waals surface area contributed by atoms with Gasteiger partial charge in [-0.1, -0.05) is 18.2 Å². The average molecular weight is 281 g/mol. The summed E-state index contributed by atoms with van der Waals surface area (Å²) >= 11 is 0. The zero-order chi connectivity index (χ0) is 14.8. The molecule has 108 valence electrons. The highest BCUT2D eigenvalue weighted by Gasteiger charge is 2.20. The topological polar surface area (TPSA) is 29.5 Å². The van der Waals surface area contributed by atoms with E-state index in [0.717, 1.165) is 36.4 Å². The number of benzene rings is 2. The smallest absolute Gasteiger partial charge is 0.159 e. The highest BCUT2D eigenvalue weighted by atomic mass is 16.5. The summed E-state index contributed by atoms with van der Waals surface area (Å²) in [5, 5.41) is 0. The fourth-order valence-corrected chi connectivity index (χ4v) is 2.90. The van der Waals surface area contributed by atoms with Crippen LogP contribution in [0.3, 0.4) is 0 Å². The lowest BCUT2D eigenvalue weighted by molar-refractivity contribution is 0.101. The van der Waals surface area contributed by atoms with Crippen molar-refractivity contribution in [3.05, 3.63) is 59.2 Å². The summed E-state index contributed by atoms with van der Waals surface area (Å²) in [5.74, 6) is 0.921. The molecule has 0 saturated carbocycles. The maximum atomic E-state index is 11.6. The van der Waals surface area contributed by atoms with Gasteiger partial charge in [-0.15, -0.1) is 0 Å². The Morgan fingerprint density at radius 1 is 1.24 bits per heavy atom. The van der Waals surface area contributed by atoms with E-state index in [1.54, 1.807) is 14.0 Å². The number of hydrogen-bond donors (Lipinski definition) is 0. The van der Waals surface area contributed by atoms with Gasteiger partial charge in [0.25, 0.3) is 0 Å². The number of ether oxygens (including phenoxy) is 1. The van der Waals surface area contributed by atoms with Gasteiger partial charge in [-0.3, -0.25) is 4.79 Å². The summed E-state index contributed by atoms with van der Waals surface area (Å²) in [6.07, 6.45) is 1.07. The van der Waals surface area contributed by atoms with Crippen LogP contribution in [0.2, 0.25) is 0 Å². The molecule has 0 saturated heterocycles. The number of methoxy groups -OCH3 is 1. The number of nitrogens with zero attached hydrogens (tertiary/aromatic N) is 1. The molecule has 0 aliphatic carbocycles. The lowest BCUT2D eigenvalue weighted by Gasteiger charge is -2.21. The SMILES string of the molecule is COc1ccc(C(C)=O)cc1CN1CCc2ccccc21. The van der Waals surface area contributed by atoms with Crippen LogP contribution in [0.4, 0.5) is 5.69 Å². The number of rotatable bonds is 4. The first kappa shape index (κ1) is 13.7. The number of carbonyl (C=O) groups is 1. The molecule has 0 aromatic heterocycles. The van der Waals surface area contributed by atoms with E-state index in [0.29, 0.717) is 0 Å². The zero-order valence-corrected chi connectivity index (χ0v) is 12.4. The van der Waals surface area contributed by atoms with Crippen molar-refractivity contribution < 1.29 is 9.53 Å². The van der Waals surface area contributed by atoms with Crippen LogP contribution in [0.15, 0.2) is 42.5 Å². The van der Waals surface area contributed by atoms with Gasteiger partial charge in [0.1, 0.15) is 5.75 Å². The molecular formula is C18H19NO2. The van der Waals surface area contributed by atoms with Crippen LogP contribution < -0.4 is 9.64 Å². The number of para-hydroxylation sites is 1. The molecule has 0 N–H and O–H groups in total. The molecule has 3 nitrogen and oxygen atoms in total. The summed E-state index contributed by atoms with van der Waals surface area (Å²) in [6.45, 7) is 3.37. The molecule has 0 atom stereocenters. The van der Waals surface area contributed by atoms with E-state index in [-0.39, 0.29) is 5.78 Å². The first-order valence-electron chi connectivity index (χ1n) is 7.20. The minimum Gasteiger partial charge on any atom is -0.496 e. The highest BCUT2D eigenvalue weighted by Crippen LogP contribution is 2.31. The monoisotopic (exact) mass is 281 g/mol. The van der Waals surface area contributed by atoms with E-state index < -0.39 is 0 Å². The Bertz CT molecular complexity index is 679. The molecule has 2 aromatic rings. The van der Waals surface area contributed by atoms with Gasteiger partial charge in [-0.05, 0) is 43.2 Å². The summed E-state index contributed by atoms with van der Waals surface area (Å²) in [7, 11) is 1.67. The average Bonchev–Trinajstić information content (AvgIpc) is 2.90. The molecule has 0 fully saturated rings. The molecule has 3 rings (SSSR count). The first-order chi connectivity index (χ1) is 10.2. The zero-order valence-electron chi connectivity index (χ0n) is 12.4. The number of hydrogen-bond acceptors (Lipinski definition) is 3. The molecular weight excluding hydrogens is 262 g/mol. The molecule has 1 aliphatic heterocycles. The summed E-state index contributed by atoms with van der Waals surface area (Å²) in [4.78, 5) is 13.9. The minimum atomic E-state index is 0.0840. The van der Waals surface area contributed by atoms with Gasteiger partial charge in [0.05, 0.1) is 7.11 Å². The van der Waals surface area contributed by atoms with E-state index in [1.807, 2.05) is 18.2 Å². The van der Waals surface area contributed by atoms with Gasteiger partial charge < -0.3 is 9.64 Å². The van der Waals surface area contributed by atoms with Crippen molar-refractivity contribution in [3.63, 3.8) is 0 Å². The van der Waals surface area contributed by atoms with Crippen LogP contribution in [0.25, 0.3) is 0 Å². The van der Waals surface area contributed by atoms with Crippen molar-refractivity contribution in [2.75, 3.05) is 18.6 Å². The lowest BCUT2D eigenvalue weighted by atomic mass is 10.1. The largest absolute Gasteiger partial charge is 0.496 e. The second-order valence-electron chi connectivity index (χ2n) is 5.38. The van der Waals surface area contributed by atoms with Gasteiger partial charge in [0.2, 0.25) is 0 Å². The second-order valence-corrected chi connectivity index (χ2v) is 5.38. The Hall–Kier alpha value is -2.29. The van der Waals surface area contributed by atoms with Gasteiger partial charge in [-0.2, -0.15) is 0 Å². The minimum absolute atomic E-state index is 0.0840. The van der Waals surface area contributed by atoms with Crippen molar-refractivity contribution in [3.8, 4) is 5.75 Å². The van der Waals surface area contributed by atoms with Gasteiger partial charge in [0.15, 0.2) is 5.78 Å². The third-order valence-corrected chi connectivity index (χ3v) is 4.03.